The van der Waals surface area contributed by atoms with Gasteiger partial charge in [0.15, 0.2) is 0 Å². The van der Waals surface area contributed by atoms with Crippen molar-refractivity contribution in [3.05, 3.63) is 53.6 Å². The smallest absolute Gasteiger partial charge is 0.123 e. The van der Waals surface area contributed by atoms with Crippen molar-refractivity contribution < 1.29 is 4.39 Å². The van der Waals surface area contributed by atoms with E-state index in [1.54, 1.807) is 6.07 Å². The molecule has 0 saturated heterocycles. The van der Waals surface area contributed by atoms with E-state index in [2.05, 4.69) is 18.9 Å². The third-order valence-corrected chi connectivity index (χ3v) is 3.23. The fourth-order valence-electron chi connectivity index (χ4n) is 2.08. The average molecular weight is 261 g/mol. The number of nitrogens with two attached hydrogens (primary N) is 1. The van der Waals surface area contributed by atoms with Crippen LogP contribution in [0.2, 0.25) is 0 Å². The van der Waals surface area contributed by atoms with Gasteiger partial charge in [-0.15, -0.1) is 0 Å². The molecule has 1 unspecified atom stereocenters. The van der Waals surface area contributed by atoms with Crippen molar-refractivity contribution in [3.63, 3.8) is 0 Å². The second-order valence-electron chi connectivity index (χ2n) is 5.49. The molecule has 0 aliphatic carbocycles. The van der Waals surface area contributed by atoms with Gasteiger partial charge in [-0.05, 0) is 44.5 Å². The van der Waals surface area contributed by atoms with Crippen LogP contribution in [0.15, 0.2) is 36.5 Å². The molecule has 2 N–H and O–H groups in total. The van der Waals surface area contributed by atoms with Gasteiger partial charge in [-0.3, -0.25) is 4.68 Å². The third kappa shape index (κ3) is 3.20. The Bertz CT molecular complexity index is 558. The molecular weight excluding hydrogens is 241 g/mol. The molecule has 2 rings (SSSR count). The summed E-state index contributed by atoms with van der Waals surface area (Å²) >= 11 is 0. The van der Waals surface area contributed by atoms with E-state index in [1.165, 1.54) is 12.1 Å². The molecule has 4 heteroatoms. The number of benzene rings is 1. The van der Waals surface area contributed by atoms with Gasteiger partial charge in [-0.1, -0.05) is 12.1 Å². The van der Waals surface area contributed by atoms with Crippen LogP contribution in [0.1, 0.15) is 38.1 Å². The van der Waals surface area contributed by atoms with E-state index >= 15 is 0 Å². The first-order chi connectivity index (χ1) is 8.88. The Morgan fingerprint density at radius 2 is 2.11 bits per heavy atom. The minimum atomic E-state index is -0.627. The van der Waals surface area contributed by atoms with E-state index in [4.69, 9.17) is 5.73 Å². The number of nitrogens with zero attached hydrogens (tertiary/aromatic N) is 2. The number of hydrogen-bond donors (Lipinski definition) is 1. The maximum absolute atomic E-state index is 13.3. The zero-order valence-electron chi connectivity index (χ0n) is 11.6. The lowest BCUT2D eigenvalue weighted by molar-refractivity contribution is 0.466. The van der Waals surface area contributed by atoms with E-state index in [0.717, 1.165) is 11.3 Å². The van der Waals surface area contributed by atoms with E-state index in [1.807, 2.05) is 29.9 Å². The zero-order chi connectivity index (χ0) is 14.0. The molecule has 1 aromatic carbocycles. The van der Waals surface area contributed by atoms with E-state index < -0.39 is 5.54 Å². The van der Waals surface area contributed by atoms with Gasteiger partial charge < -0.3 is 5.73 Å². The molecular formula is C15H20FN3. The van der Waals surface area contributed by atoms with Crippen molar-refractivity contribution in [2.75, 3.05) is 0 Å². The van der Waals surface area contributed by atoms with Crippen molar-refractivity contribution in [2.45, 2.75) is 38.8 Å². The normalized spacial score (nSPS) is 14.6. The minimum Gasteiger partial charge on any atom is -0.321 e. The number of rotatable bonds is 4. The van der Waals surface area contributed by atoms with Crippen molar-refractivity contribution in [1.82, 2.24) is 9.78 Å². The molecule has 0 fully saturated rings. The summed E-state index contributed by atoms with van der Waals surface area (Å²) in [6, 6.07) is 8.73. The Morgan fingerprint density at radius 3 is 2.68 bits per heavy atom. The summed E-state index contributed by atoms with van der Waals surface area (Å²) in [4.78, 5) is 0. The maximum Gasteiger partial charge on any atom is 0.123 e. The minimum absolute atomic E-state index is 0.262. The molecule has 1 atom stereocenters. The Labute approximate surface area is 113 Å². The summed E-state index contributed by atoms with van der Waals surface area (Å²) in [7, 11) is 0. The molecule has 0 amide bonds. The van der Waals surface area contributed by atoms with Gasteiger partial charge in [-0.25, -0.2) is 4.39 Å². The van der Waals surface area contributed by atoms with Gasteiger partial charge in [-0.2, -0.15) is 5.10 Å². The van der Waals surface area contributed by atoms with Crippen LogP contribution in [0.3, 0.4) is 0 Å². The molecule has 1 heterocycles. The van der Waals surface area contributed by atoms with Crippen LogP contribution in [0.5, 0.6) is 0 Å². The highest BCUT2D eigenvalue weighted by Gasteiger charge is 2.23. The summed E-state index contributed by atoms with van der Waals surface area (Å²) in [5, 5.41) is 4.49. The fourth-order valence-corrected chi connectivity index (χ4v) is 2.08. The standard InChI is InChI=1S/C15H20FN3/c1-11(2)19-8-7-14(18-19)10-15(3,17)12-5-4-6-13(16)9-12/h4-9,11H,10,17H2,1-3H3. The highest BCUT2D eigenvalue weighted by Crippen LogP contribution is 2.23. The van der Waals surface area contributed by atoms with E-state index in [0.29, 0.717) is 12.5 Å². The summed E-state index contributed by atoms with van der Waals surface area (Å²) < 4.78 is 15.2. The largest absolute Gasteiger partial charge is 0.321 e. The number of aromatic nitrogens is 2. The van der Waals surface area contributed by atoms with Gasteiger partial charge in [0.2, 0.25) is 0 Å². The second-order valence-corrected chi connectivity index (χ2v) is 5.49. The van der Waals surface area contributed by atoms with Crippen molar-refractivity contribution in [3.8, 4) is 0 Å². The first kappa shape index (κ1) is 13.7. The summed E-state index contributed by atoms with van der Waals surface area (Å²) in [6.45, 7) is 6.05. The first-order valence-electron chi connectivity index (χ1n) is 6.47. The summed E-state index contributed by atoms with van der Waals surface area (Å²) in [5.41, 5.74) is 7.38. The quantitative estimate of drug-likeness (QED) is 0.919. The Balaban J connectivity index is 2.20. The second kappa shape index (κ2) is 5.13. The summed E-state index contributed by atoms with van der Waals surface area (Å²) in [5.74, 6) is -0.262. The van der Waals surface area contributed by atoms with Gasteiger partial charge in [0.1, 0.15) is 5.82 Å². The predicted molar refractivity (Wildman–Crippen MR) is 74.3 cm³/mol. The monoisotopic (exact) mass is 261 g/mol. The van der Waals surface area contributed by atoms with Crippen LogP contribution >= 0.6 is 0 Å². The highest BCUT2D eigenvalue weighted by molar-refractivity contribution is 5.26. The molecule has 1 aromatic heterocycles. The molecule has 0 aliphatic heterocycles. The first-order valence-corrected chi connectivity index (χ1v) is 6.47. The average Bonchev–Trinajstić information content (AvgIpc) is 2.77. The molecule has 0 bridgehead atoms. The van der Waals surface area contributed by atoms with Crippen LogP contribution in [0, 0.1) is 5.82 Å². The lowest BCUT2D eigenvalue weighted by atomic mass is 9.88. The van der Waals surface area contributed by atoms with E-state index in [-0.39, 0.29) is 5.82 Å². The van der Waals surface area contributed by atoms with Crippen LogP contribution < -0.4 is 5.73 Å². The van der Waals surface area contributed by atoms with Gasteiger partial charge in [0, 0.05) is 24.2 Å². The van der Waals surface area contributed by atoms with E-state index in [9.17, 15) is 4.39 Å². The SMILES string of the molecule is CC(C)n1ccc(CC(C)(N)c2cccc(F)c2)n1. The Morgan fingerprint density at radius 1 is 1.37 bits per heavy atom. The number of halogens is 1. The lowest BCUT2D eigenvalue weighted by Crippen LogP contribution is -2.35. The topological polar surface area (TPSA) is 43.8 Å². The van der Waals surface area contributed by atoms with Crippen molar-refractivity contribution in [2.24, 2.45) is 5.73 Å². The molecule has 19 heavy (non-hydrogen) atoms. The predicted octanol–water partition coefficient (Wildman–Crippen LogP) is 3.02. The van der Waals surface area contributed by atoms with Crippen LogP contribution in [0.25, 0.3) is 0 Å². The van der Waals surface area contributed by atoms with Gasteiger partial charge in [0.05, 0.1) is 5.69 Å². The molecule has 0 aliphatic rings. The molecule has 2 aromatic rings. The number of hydrogen-bond acceptors (Lipinski definition) is 2. The molecule has 3 nitrogen and oxygen atoms in total. The molecule has 102 valence electrons. The fraction of sp³-hybridized carbons (Fsp3) is 0.400. The van der Waals surface area contributed by atoms with Gasteiger partial charge in [0.25, 0.3) is 0 Å². The van der Waals surface area contributed by atoms with Crippen LogP contribution in [-0.4, -0.2) is 9.78 Å². The highest BCUT2D eigenvalue weighted by atomic mass is 19.1. The zero-order valence-corrected chi connectivity index (χ0v) is 11.6. The summed E-state index contributed by atoms with van der Waals surface area (Å²) in [6.07, 6.45) is 2.53. The van der Waals surface area contributed by atoms with Crippen molar-refractivity contribution in [1.29, 1.82) is 0 Å². The van der Waals surface area contributed by atoms with Crippen LogP contribution in [0.4, 0.5) is 4.39 Å². The Hall–Kier alpha value is -1.68. The van der Waals surface area contributed by atoms with Gasteiger partial charge >= 0.3 is 0 Å². The lowest BCUT2D eigenvalue weighted by Gasteiger charge is -2.24. The molecule has 0 spiro atoms. The molecule has 0 saturated carbocycles. The van der Waals surface area contributed by atoms with Crippen LogP contribution in [-0.2, 0) is 12.0 Å². The van der Waals surface area contributed by atoms with Crippen molar-refractivity contribution >= 4 is 0 Å². The third-order valence-electron chi connectivity index (χ3n) is 3.23. The Kier molecular flexibility index (Phi) is 3.71. The maximum atomic E-state index is 13.3. The molecule has 0 radical (unpaired) electrons.